The van der Waals surface area contributed by atoms with Crippen molar-refractivity contribution in [3.8, 4) is 17.2 Å². The molecule has 3 aromatic carbocycles. The number of aliphatic hydroxyl groups excluding tert-OH is 1. The molecule has 222 valence electrons. The molecule has 0 aliphatic carbocycles. The van der Waals surface area contributed by atoms with Crippen molar-refractivity contribution in [2.24, 2.45) is 0 Å². The molecule has 2 aliphatic rings. The summed E-state index contributed by atoms with van der Waals surface area (Å²) >= 11 is 1.10. The Bertz CT molecular complexity index is 1770. The van der Waals surface area contributed by atoms with E-state index in [1.807, 2.05) is 13.8 Å². The van der Waals surface area contributed by atoms with E-state index in [4.69, 9.17) is 14.2 Å². The molecule has 0 radical (unpaired) electrons. The van der Waals surface area contributed by atoms with Gasteiger partial charge >= 0.3 is 5.91 Å². The Balaban J connectivity index is 1.51. The average Bonchev–Trinajstić information content (AvgIpc) is 3.65. The average molecular weight is 603 g/mol. The van der Waals surface area contributed by atoms with Gasteiger partial charge in [-0.15, -0.1) is 0 Å². The van der Waals surface area contributed by atoms with E-state index in [-0.39, 0.29) is 22.6 Å². The van der Waals surface area contributed by atoms with E-state index in [9.17, 15) is 19.1 Å². The van der Waals surface area contributed by atoms with Crippen molar-refractivity contribution in [2.45, 2.75) is 52.2 Å². The molecule has 4 aromatic rings. The van der Waals surface area contributed by atoms with Crippen LogP contribution in [-0.4, -0.2) is 41.1 Å². The highest BCUT2D eigenvalue weighted by Crippen LogP contribution is 2.46. The number of ether oxygens (including phenoxy) is 3. The van der Waals surface area contributed by atoms with E-state index in [0.29, 0.717) is 52.5 Å². The van der Waals surface area contributed by atoms with Gasteiger partial charge in [-0.2, -0.15) is 0 Å². The number of Topliss-reactive ketones (excluding diaryl/α,β-unsaturated/α-hetero) is 1. The molecule has 10 heteroatoms. The Morgan fingerprint density at radius 1 is 1.09 bits per heavy atom. The van der Waals surface area contributed by atoms with Crippen molar-refractivity contribution in [1.29, 1.82) is 0 Å². The minimum absolute atomic E-state index is 0.00288. The van der Waals surface area contributed by atoms with Crippen LogP contribution < -0.4 is 19.1 Å². The topological polar surface area (TPSA) is 98.2 Å². The number of aliphatic hydroxyl groups is 1. The fourth-order valence-corrected chi connectivity index (χ4v) is 6.49. The van der Waals surface area contributed by atoms with Crippen LogP contribution in [0.5, 0.6) is 17.2 Å². The molecule has 0 bridgehead atoms. The maximum Gasteiger partial charge on any atom is 0.301 e. The summed E-state index contributed by atoms with van der Waals surface area (Å²) in [5.74, 6) is -0.707. The SMILES string of the molecule is CCCCOc1ccc(C2/C(=C(\O)c3ccc4c(c3)CC(C)O4)C(=O)C(=O)N2c2nc3ccc(F)cc3s2)cc1OCC. The van der Waals surface area contributed by atoms with Crippen LogP contribution in [0.4, 0.5) is 9.52 Å². The Morgan fingerprint density at radius 3 is 2.72 bits per heavy atom. The molecule has 1 aromatic heterocycles. The number of unbranched alkanes of at least 4 members (excludes halogenated alkanes) is 1. The quantitative estimate of drug-likeness (QED) is 0.0957. The molecule has 43 heavy (non-hydrogen) atoms. The number of halogens is 1. The summed E-state index contributed by atoms with van der Waals surface area (Å²) in [6.07, 6.45) is 2.50. The number of hydrogen-bond donors (Lipinski definition) is 1. The third-order valence-corrected chi connectivity index (χ3v) is 8.52. The number of carbonyl (C=O) groups is 2. The fraction of sp³-hybridized carbons (Fsp3) is 0.303. The second-order valence-electron chi connectivity index (χ2n) is 10.6. The number of anilines is 1. The van der Waals surface area contributed by atoms with E-state index >= 15 is 0 Å². The third kappa shape index (κ3) is 5.31. The summed E-state index contributed by atoms with van der Waals surface area (Å²) < 4.78 is 32.2. The fourth-order valence-electron chi connectivity index (χ4n) is 5.47. The summed E-state index contributed by atoms with van der Waals surface area (Å²) in [6.45, 7) is 6.77. The number of rotatable bonds is 9. The highest BCUT2D eigenvalue weighted by Gasteiger charge is 2.48. The second kappa shape index (κ2) is 11.7. The van der Waals surface area contributed by atoms with Crippen LogP contribution in [0.2, 0.25) is 0 Å². The first kappa shape index (κ1) is 28.7. The normalized spacial score (nSPS) is 19.1. The summed E-state index contributed by atoms with van der Waals surface area (Å²) in [5.41, 5.74) is 2.24. The minimum atomic E-state index is -1.03. The second-order valence-corrected chi connectivity index (χ2v) is 11.6. The Hall–Kier alpha value is -4.44. The molecular weight excluding hydrogens is 571 g/mol. The van der Waals surface area contributed by atoms with Crippen LogP contribution >= 0.6 is 11.3 Å². The summed E-state index contributed by atoms with van der Waals surface area (Å²) in [6, 6.07) is 13.6. The molecule has 3 heterocycles. The minimum Gasteiger partial charge on any atom is -0.507 e. The maximum atomic E-state index is 14.0. The molecule has 1 amide bonds. The van der Waals surface area contributed by atoms with E-state index in [1.54, 1.807) is 36.4 Å². The standard InChI is InChI=1S/C33H31FN2O6S/c1-4-6-13-41-25-12-7-19(16-26(25)40-5-2)29-28(30(37)20-8-11-24-21(15-20)14-18(3)42-24)31(38)32(39)36(29)33-35-23-10-9-22(34)17-27(23)43-33/h7-12,15-18,29,37H,4-6,13-14H2,1-3H3/b30-28+. The van der Waals surface area contributed by atoms with Crippen LogP contribution in [0.15, 0.2) is 60.2 Å². The number of hydrogen-bond acceptors (Lipinski definition) is 8. The molecule has 2 aliphatic heterocycles. The van der Waals surface area contributed by atoms with Crippen molar-refractivity contribution in [3.05, 3.63) is 82.7 Å². The lowest BCUT2D eigenvalue weighted by Gasteiger charge is -2.24. The van der Waals surface area contributed by atoms with Crippen LogP contribution in [0.1, 0.15) is 56.3 Å². The first-order valence-corrected chi connectivity index (χ1v) is 15.2. The van der Waals surface area contributed by atoms with Gasteiger partial charge in [0.15, 0.2) is 16.6 Å². The van der Waals surface area contributed by atoms with Gasteiger partial charge in [-0.25, -0.2) is 9.37 Å². The van der Waals surface area contributed by atoms with Gasteiger partial charge in [0.1, 0.15) is 23.4 Å². The third-order valence-electron chi connectivity index (χ3n) is 7.50. The number of benzene rings is 3. The predicted molar refractivity (Wildman–Crippen MR) is 163 cm³/mol. The van der Waals surface area contributed by atoms with Gasteiger partial charge in [-0.1, -0.05) is 30.7 Å². The Kier molecular flexibility index (Phi) is 7.79. The van der Waals surface area contributed by atoms with Gasteiger partial charge in [-0.05, 0) is 79.9 Å². The molecule has 8 nitrogen and oxygen atoms in total. The molecule has 0 saturated carbocycles. The Morgan fingerprint density at radius 2 is 1.93 bits per heavy atom. The summed E-state index contributed by atoms with van der Waals surface area (Å²) in [4.78, 5) is 33.3. The highest BCUT2D eigenvalue weighted by atomic mass is 32.1. The van der Waals surface area contributed by atoms with Gasteiger partial charge in [0.2, 0.25) is 0 Å². The number of ketones is 1. The summed E-state index contributed by atoms with van der Waals surface area (Å²) in [5, 5.41) is 11.9. The molecule has 2 unspecified atom stereocenters. The van der Waals surface area contributed by atoms with Crippen LogP contribution in [0.25, 0.3) is 16.0 Å². The van der Waals surface area contributed by atoms with Crippen molar-refractivity contribution >= 4 is 44.1 Å². The largest absolute Gasteiger partial charge is 0.507 e. The number of aromatic nitrogens is 1. The van der Waals surface area contributed by atoms with Crippen molar-refractivity contribution in [1.82, 2.24) is 4.98 Å². The van der Waals surface area contributed by atoms with Crippen LogP contribution in [-0.2, 0) is 16.0 Å². The zero-order valence-corrected chi connectivity index (χ0v) is 24.9. The van der Waals surface area contributed by atoms with E-state index in [2.05, 4.69) is 11.9 Å². The smallest absolute Gasteiger partial charge is 0.301 e. The lowest BCUT2D eigenvalue weighted by atomic mass is 9.94. The number of fused-ring (bicyclic) bond motifs is 2. The van der Waals surface area contributed by atoms with Gasteiger partial charge in [0.25, 0.3) is 5.78 Å². The number of thiazole rings is 1. The van der Waals surface area contributed by atoms with Gasteiger partial charge in [0.05, 0.1) is 35.0 Å². The highest BCUT2D eigenvalue weighted by molar-refractivity contribution is 7.22. The molecule has 1 N–H and O–H groups in total. The van der Waals surface area contributed by atoms with E-state index in [1.165, 1.54) is 23.1 Å². The lowest BCUT2D eigenvalue weighted by molar-refractivity contribution is -0.132. The molecule has 6 rings (SSSR count). The predicted octanol–water partition coefficient (Wildman–Crippen LogP) is 6.96. The van der Waals surface area contributed by atoms with Crippen molar-refractivity contribution < 1.29 is 33.3 Å². The van der Waals surface area contributed by atoms with Crippen molar-refractivity contribution in [3.63, 3.8) is 0 Å². The Labute approximate surface area is 252 Å². The van der Waals surface area contributed by atoms with E-state index < -0.39 is 23.5 Å². The van der Waals surface area contributed by atoms with Crippen LogP contribution in [0, 0.1) is 5.82 Å². The monoisotopic (exact) mass is 602 g/mol. The first-order valence-electron chi connectivity index (χ1n) is 14.4. The zero-order valence-electron chi connectivity index (χ0n) is 24.1. The zero-order chi connectivity index (χ0) is 30.2. The van der Waals surface area contributed by atoms with Gasteiger partial charge in [-0.3, -0.25) is 14.5 Å². The van der Waals surface area contributed by atoms with Crippen molar-refractivity contribution in [2.75, 3.05) is 18.1 Å². The summed E-state index contributed by atoms with van der Waals surface area (Å²) in [7, 11) is 0. The number of nitrogens with zero attached hydrogens (tertiary/aromatic N) is 2. The molecule has 2 atom stereocenters. The number of amides is 1. The molecular formula is C33H31FN2O6S. The first-order chi connectivity index (χ1) is 20.8. The van der Waals surface area contributed by atoms with Gasteiger partial charge < -0.3 is 19.3 Å². The van der Waals surface area contributed by atoms with E-state index in [0.717, 1.165) is 35.5 Å². The maximum absolute atomic E-state index is 14.0. The van der Waals surface area contributed by atoms with Crippen LogP contribution in [0.3, 0.4) is 0 Å². The van der Waals surface area contributed by atoms with Gasteiger partial charge in [0, 0.05) is 12.0 Å². The lowest BCUT2D eigenvalue weighted by Crippen LogP contribution is -2.29. The molecule has 0 spiro atoms. The molecule has 1 saturated heterocycles. The molecule has 1 fully saturated rings. The number of carbonyl (C=O) groups excluding carboxylic acids is 2.